The number of hydrogen-bond acceptors (Lipinski definition) is 5. The fourth-order valence-electron chi connectivity index (χ4n) is 3.25. The van der Waals surface area contributed by atoms with Crippen molar-refractivity contribution in [3.8, 4) is 11.5 Å². The number of nitrogens with zero attached hydrogens (tertiary/aromatic N) is 2. The number of nitrogens with one attached hydrogen (secondary N) is 1. The first-order chi connectivity index (χ1) is 12.7. The van der Waals surface area contributed by atoms with Crippen molar-refractivity contribution in [3.05, 3.63) is 53.3 Å². The van der Waals surface area contributed by atoms with Gasteiger partial charge in [-0.25, -0.2) is 0 Å². The molecular formula is C20H25N3O3. The summed E-state index contributed by atoms with van der Waals surface area (Å²) in [6.07, 6.45) is 6.17. The molecule has 6 nitrogen and oxygen atoms in total. The Hall–Kier alpha value is -2.60. The molecule has 1 aliphatic rings. The van der Waals surface area contributed by atoms with Crippen molar-refractivity contribution in [1.82, 2.24) is 15.2 Å². The maximum Gasteiger partial charge on any atom is 0.251 e. The molecule has 26 heavy (non-hydrogen) atoms. The molecule has 0 fully saturated rings. The number of phenolic OH excluding ortho intramolecular Hbond substituents is 1. The molecule has 0 bridgehead atoms. The SMILES string of the molecule is COc1cc2c(cc1O)CN(CCCCNC(=O)c1ccncc1)CC2. The largest absolute Gasteiger partial charge is 0.504 e. The molecule has 0 atom stereocenters. The number of methoxy groups -OCH3 is 1. The topological polar surface area (TPSA) is 74.7 Å². The molecule has 1 aromatic heterocycles. The predicted octanol–water partition coefficient (Wildman–Crippen LogP) is 2.36. The summed E-state index contributed by atoms with van der Waals surface area (Å²) in [4.78, 5) is 18.2. The highest BCUT2D eigenvalue weighted by Gasteiger charge is 2.18. The number of unbranched alkanes of at least 4 members (excludes halogenated alkanes) is 1. The third-order valence-corrected chi connectivity index (χ3v) is 4.72. The zero-order valence-corrected chi connectivity index (χ0v) is 15.1. The molecule has 0 spiro atoms. The van der Waals surface area contributed by atoms with Crippen LogP contribution in [0, 0.1) is 0 Å². The van der Waals surface area contributed by atoms with Gasteiger partial charge >= 0.3 is 0 Å². The smallest absolute Gasteiger partial charge is 0.251 e. The number of fused-ring (bicyclic) bond motifs is 1. The van der Waals surface area contributed by atoms with Gasteiger partial charge in [0.2, 0.25) is 0 Å². The number of pyridine rings is 1. The molecule has 1 amide bonds. The van der Waals surface area contributed by atoms with Crippen LogP contribution in [-0.2, 0) is 13.0 Å². The van der Waals surface area contributed by atoms with Crippen molar-refractivity contribution in [2.75, 3.05) is 26.7 Å². The monoisotopic (exact) mass is 355 g/mol. The Kier molecular flexibility index (Phi) is 6.07. The van der Waals surface area contributed by atoms with Gasteiger partial charge < -0.3 is 15.2 Å². The zero-order valence-electron chi connectivity index (χ0n) is 15.1. The Morgan fingerprint density at radius 1 is 1.27 bits per heavy atom. The van der Waals surface area contributed by atoms with E-state index in [4.69, 9.17) is 4.74 Å². The molecule has 1 aromatic carbocycles. The maximum absolute atomic E-state index is 11.9. The highest BCUT2D eigenvalue weighted by atomic mass is 16.5. The number of ether oxygens (including phenoxy) is 1. The van der Waals surface area contributed by atoms with Crippen LogP contribution in [0.4, 0.5) is 0 Å². The van der Waals surface area contributed by atoms with Crippen LogP contribution in [0.1, 0.15) is 34.3 Å². The third-order valence-electron chi connectivity index (χ3n) is 4.72. The van der Waals surface area contributed by atoms with Crippen LogP contribution in [0.25, 0.3) is 0 Å². The van der Waals surface area contributed by atoms with Crippen molar-refractivity contribution < 1.29 is 14.6 Å². The van der Waals surface area contributed by atoms with E-state index in [1.165, 1.54) is 11.1 Å². The van der Waals surface area contributed by atoms with Crippen LogP contribution in [0.15, 0.2) is 36.7 Å². The van der Waals surface area contributed by atoms with E-state index < -0.39 is 0 Å². The van der Waals surface area contributed by atoms with Gasteiger partial charge in [0, 0.05) is 37.6 Å². The van der Waals surface area contributed by atoms with E-state index >= 15 is 0 Å². The summed E-state index contributed by atoms with van der Waals surface area (Å²) in [5, 5.41) is 12.9. The van der Waals surface area contributed by atoms with Gasteiger partial charge in [-0.3, -0.25) is 14.7 Å². The first kappa shape index (κ1) is 18.2. The Morgan fingerprint density at radius 2 is 2.08 bits per heavy atom. The van der Waals surface area contributed by atoms with Crippen molar-refractivity contribution in [3.63, 3.8) is 0 Å². The summed E-state index contributed by atoms with van der Waals surface area (Å²) < 4.78 is 5.18. The summed E-state index contributed by atoms with van der Waals surface area (Å²) in [6.45, 7) is 3.50. The number of amides is 1. The minimum atomic E-state index is -0.0521. The Morgan fingerprint density at radius 3 is 2.85 bits per heavy atom. The number of aromatic nitrogens is 1. The fourth-order valence-corrected chi connectivity index (χ4v) is 3.25. The van der Waals surface area contributed by atoms with Crippen LogP contribution < -0.4 is 10.1 Å². The highest BCUT2D eigenvalue weighted by molar-refractivity contribution is 5.93. The second-order valence-electron chi connectivity index (χ2n) is 6.52. The highest BCUT2D eigenvalue weighted by Crippen LogP contribution is 2.32. The Bertz CT molecular complexity index is 749. The minimum Gasteiger partial charge on any atom is -0.504 e. The average Bonchev–Trinajstić information content (AvgIpc) is 2.67. The summed E-state index contributed by atoms with van der Waals surface area (Å²) in [6, 6.07) is 7.18. The molecule has 0 saturated carbocycles. The molecular weight excluding hydrogens is 330 g/mol. The average molecular weight is 355 g/mol. The standard InChI is InChI=1S/C20H25N3O3/c1-26-19-13-16-6-11-23(14-17(16)12-18(19)24)10-3-2-7-22-20(25)15-4-8-21-9-5-15/h4-5,8-9,12-13,24H,2-3,6-7,10-11,14H2,1H3,(H,22,25). The number of carbonyl (C=O) groups excluding carboxylic acids is 1. The first-order valence-electron chi connectivity index (χ1n) is 8.96. The number of rotatable bonds is 7. The molecule has 2 N–H and O–H groups in total. The fraction of sp³-hybridized carbons (Fsp3) is 0.400. The summed E-state index contributed by atoms with van der Waals surface area (Å²) >= 11 is 0. The van der Waals surface area contributed by atoms with Gasteiger partial charge in [0.1, 0.15) is 0 Å². The summed E-state index contributed by atoms with van der Waals surface area (Å²) in [5.74, 6) is 0.692. The molecule has 138 valence electrons. The van der Waals surface area contributed by atoms with Crippen molar-refractivity contribution in [1.29, 1.82) is 0 Å². The van der Waals surface area contributed by atoms with E-state index in [0.29, 0.717) is 17.9 Å². The first-order valence-corrected chi connectivity index (χ1v) is 8.96. The quantitative estimate of drug-likeness (QED) is 0.746. The van der Waals surface area contributed by atoms with E-state index in [1.807, 2.05) is 12.1 Å². The second-order valence-corrected chi connectivity index (χ2v) is 6.52. The number of carbonyl (C=O) groups is 1. The summed E-state index contributed by atoms with van der Waals surface area (Å²) in [5.41, 5.74) is 3.06. The minimum absolute atomic E-state index is 0.0521. The maximum atomic E-state index is 11.9. The van der Waals surface area contributed by atoms with Crippen molar-refractivity contribution in [2.45, 2.75) is 25.8 Å². The van der Waals surface area contributed by atoms with E-state index in [0.717, 1.165) is 38.9 Å². The van der Waals surface area contributed by atoms with E-state index in [-0.39, 0.29) is 11.7 Å². The van der Waals surface area contributed by atoms with Crippen LogP contribution in [0.5, 0.6) is 11.5 Å². The van der Waals surface area contributed by atoms with Gasteiger partial charge in [-0.05, 0) is 61.2 Å². The predicted molar refractivity (Wildman–Crippen MR) is 99.4 cm³/mol. The molecule has 3 rings (SSSR count). The van der Waals surface area contributed by atoms with Gasteiger partial charge in [0.05, 0.1) is 7.11 Å². The third kappa shape index (κ3) is 4.52. The van der Waals surface area contributed by atoms with Crippen LogP contribution in [-0.4, -0.2) is 47.6 Å². The lowest BCUT2D eigenvalue weighted by Crippen LogP contribution is -2.32. The lowest BCUT2D eigenvalue weighted by Gasteiger charge is -2.29. The number of aromatic hydroxyl groups is 1. The second kappa shape index (κ2) is 8.67. The molecule has 6 heteroatoms. The van der Waals surface area contributed by atoms with Crippen molar-refractivity contribution in [2.24, 2.45) is 0 Å². The lowest BCUT2D eigenvalue weighted by atomic mass is 9.98. The molecule has 0 unspecified atom stereocenters. The Labute approximate surface area is 153 Å². The number of phenols is 1. The molecule has 0 saturated heterocycles. The lowest BCUT2D eigenvalue weighted by molar-refractivity contribution is 0.0952. The molecule has 2 heterocycles. The summed E-state index contributed by atoms with van der Waals surface area (Å²) in [7, 11) is 1.57. The van der Waals surface area contributed by atoms with Crippen LogP contribution >= 0.6 is 0 Å². The van der Waals surface area contributed by atoms with Crippen LogP contribution in [0.2, 0.25) is 0 Å². The van der Waals surface area contributed by atoms with Gasteiger partial charge in [-0.1, -0.05) is 0 Å². The van der Waals surface area contributed by atoms with E-state index in [2.05, 4.69) is 15.2 Å². The van der Waals surface area contributed by atoms with Gasteiger partial charge in [-0.2, -0.15) is 0 Å². The normalized spacial score (nSPS) is 13.9. The van der Waals surface area contributed by atoms with Gasteiger partial charge in [0.15, 0.2) is 11.5 Å². The van der Waals surface area contributed by atoms with Crippen molar-refractivity contribution >= 4 is 5.91 Å². The van der Waals surface area contributed by atoms with Crippen LogP contribution in [0.3, 0.4) is 0 Å². The van der Waals surface area contributed by atoms with Gasteiger partial charge in [-0.15, -0.1) is 0 Å². The molecule has 2 aromatic rings. The Balaban J connectivity index is 1.40. The van der Waals surface area contributed by atoms with Gasteiger partial charge in [0.25, 0.3) is 5.91 Å². The number of hydrogen-bond donors (Lipinski definition) is 2. The molecule has 0 aliphatic carbocycles. The molecule has 0 radical (unpaired) electrons. The number of benzene rings is 1. The zero-order chi connectivity index (χ0) is 18.4. The van der Waals surface area contributed by atoms with E-state index in [1.54, 1.807) is 31.6 Å². The molecule has 1 aliphatic heterocycles. The van der Waals surface area contributed by atoms with E-state index in [9.17, 15) is 9.90 Å².